The highest BCUT2D eigenvalue weighted by Gasteiger charge is 2.25. The zero-order valence-corrected chi connectivity index (χ0v) is 37.3. The van der Waals surface area contributed by atoms with E-state index in [1.807, 2.05) is 12.1 Å². The molecule has 0 spiro atoms. The van der Waals surface area contributed by atoms with Crippen LogP contribution >= 0.6 is 0 Å². The van der Waals surface area contributed by atoms with Crippen LogP contribution in [0.2, 0.25) is 0 Å². The summed E-state index contributed by atoms with van der Waals surface area (Å²) in [5.74, 6) is 2.89. The number of aromatic nitrogens is 10. The van der Waals surface area contributed by atoms with Gasteiger partial charge in [-0.25, -0.2) is 0 Å². The van der Waals surface area contributed by atoms with Gasteiger partial charge in [0, 0.05) is 54.2 Å². The standard InChI is InChI=1S/C60H36N10/c1-2-28-46(56-63-59(69-51-33-15-7-23-41(51)42-24-8-16-34-52(42)69)66-60(64-56)70-53-35-17-9-25-43(53)44-26-10-18-36-54(44)70)45(27-1)55-61-57(67-47-29-11-3-19-37(47)38-20-4-12-30-48(38)67)65-58(62-55)68-49-31-13-5-21-39(49)40-22-6-14-32-50(40)68/h1-36H. The number of para-hydroxylation sites is 8. The maximum atomic E-state index is 5.46. The molecule has 0 aliphatic rings. The largest absolute Gasteiger partial charge is 0.278 e. The van der Waals surface area contributed by atoms with Crippen molar-refractivity contribution in [3.05, 3.63) is 218 Å². The van der Waals surface area contributed by atoms with Crippen LogP contribution < -0.4 is 0 Å². The Hall–Kier alpha value is -9.80. The Kier molecular flexibility index (Phi) is 8.13. The molecular formula is C60H36N10. The molecule has 0 radical (unpaired) electrons. The fourth-order valence-corrected chi connectivity index (χ4v) is 10.8. The number of fused-ring (bicyclic) bond motifs is 12. The van der Waals surface area contributed by atoms with Gasteiger partial charge in [0.2, 0.25) is 23.8 Å². The molecule has 0 unspecified atom stereocenters. The lowest BCUT2D eigenvalue weighted by molar-refractivity contribution is 0.887. The summed E-state index contributed by atoms with van der Waals surface area (Å²) >= 11 is 0. The fourth-order valence-electron chi connectivity index (χ4n) is 10.8. The highest BCUT2D eigenvalue weighted by Crippen LogP contribution is 2.38. The predicted octanol–water partition coefficient (Wildman–Crippen LogP) is 13.8. The van der Waals surface area contributed by atoms with Gasteiger partial charge in [0.15, 0.2) is 11.6 Å². The van der Waals surface area contributed by atoms with Crippen molar-refractivity contribution in [2.45, 2.75) is 0 Å². The Morgan fingerprint density at radius 1 is 0.186 bits per heavy atom. The minimum absolute atomic E-state index is 0.469. The van der Waals surface area contributed by atoms with Gasteiger partial charge >= 0.3 is 0 Å². The Morgan fingerprint density at radius 2 is 0.357 bits per heavy atom. The Morgan fingerprint density at radius 3 is 0.557 bits per heavy atom. The van der Waals surface area contributed by atoms with Crippen LogP contribution in [0.5, 0.6) is 0 Å². The van der Waals surface area contributed by atoms with E-state index in [1.165, 1.54) is 0 Å². The van der Waals surface area contributed by atoms with E-state index in [2.05, 4.69) is 225 Å². The predicted molar refractivity (Wildman–Crippen MR) is 281 cm³/mol. The third kappa shape index (κ3) is 5.55. The van der Waals surface area contributed by atoms with Gasteiger partial charge in [-0.15, -0.1) is 0 Å². The molecule has 6 aromatic heterocycles. The number of benzene rings is 9. The molecule has 326 valence electrons. The molecule has 0 N–H and O–H groups in total. The van der Waals surface area contributed by atoms with Crippen LogP contribution in [0.3, 0.4) is 0 Å². The van der Waals surface area contributed by atoms with Crippen molar-refractivity contribution in [1.29, 1.82) is 0 Å². The third-order valence-corrected chi connectivity index (χ3v) is 13.8. The third-order valence-electron chi connectivity index (χ3n) is 13.8. The quantitative estimate of drug-likeness (QED) is 0.165. The fraction of sp³-hybridized carbons (Fsp3) is 0. The van der Waals surface area contributed by atoms with Gasteiger partial charge in [0.05, 0.1) is 44.1 Å². The van der Waals surface area contributed by atoms with Crippen molar-refractivity contribution in [1.82, 2.24) is 48.2 Å². The molecule has 0 saturated carbocycles. The van der Waals surface area contributed by atoms with E-state index < -0.39 is 0 Å². The average molecular weight is 897 g/mol. The number of nitrogens with zero attached hydrogens (tertiary/aromatic N) is 10. The summed E-state index contributed by atoms with van der Waals surface area (Å²) in [7, 11) is 0. The topological polar surface area (TPSA) is 97.1 Å². The smallest absolute Gasteiger partial charge is 0.240 e. The molecule has 10 heteroatoms. The van der Waals surface area contributed by atoms with Gasteiger partial charge in [-0.3, -0.25) is 18.3 Å². The lowest BCUT2D eigenvalue weighted by atomic mass is 10.1. The first kappa shape index (κ1) is 38.3. The van der Waals surface area contributed by atoms with Crippen LogP contribution in [0, 0.1) is 0 Å². The van der Waals surface area contributed by atoms with E-state index in [-0.39, 0.29) is 0 Å². The number of rotatable bonds is 6. The molecule has 0 saturated heterocycles. The SMILES string of the molecule is c1ccc(-c2nc(-n3c4ccccc4c4ccccc43)nc(-n3c4ccccc4c4ccccc43)n2)c(-c2nc(-n3c4ccccc4c4ccccc43)nc(-n3c4ccccc4c4ccccc43)n2)c1. The van der Waals surface area contributed by atoms with Gasteiger partial charge in [0.1, 0.15) is 0 Å². The van der Waals surface area contributed by atoms with Crippen molar-refractivity contribution in [2.75, 3.05) is 0 Å². The molecule has 9 aromatic carbocycles. The number of hydrogen-bond donors (Lipinski definition) is 0. The maximum absolute atomic E-state index is 5.46. The summed E-state index contributed by atoms with van der Waals surface area (Å²) < 4.78 is 8.61. The summed E-state index contributed by atoms with van der Waals surface area (Å²) in [6.07, 6.45) is 0. The molecule has 6 heterocycles. The Labute approximate surface area is 398 Å². The van der Waals surface area contributed by atoms with Gasteiger partial charge in [-0.1, -0.05) is 170 Å². The van der Waals surface area contributed by atoms with Crippen LogP contribution in [0.4, 0.5) is 0 Å². The Bertz CT molecular complexity index is 3860. The second kappa shape index (κ2) is 14.9. The summed E-state index contributed by atoms with van der Waals surface area (Å²) in [5.41, 5.74) is 9.41. The van der Waals surface area contributed by atoms with Crippen LogP contribution in [-0.2, 0) is 0 Å². The van der Waals surface area contributed by atoms with E-state index >= 15 is 0 Å². The van der Waals surface area contributed by atoms with Crippen molar-refractivity contribution < 1.29 is 0 Å². The minimum Gasteiger partial charge on any atom is -0.278 e. The second-order valence-electron chi connectivity index (χ2n) is 17.5. The molecule has 0 aliphatic heterocycles. The van der Waals surface area contributed by atoms with E-state index in [4.69, 9.17) is 29.9 Å². The highest BCUT2D eigenvalue weighted by molar-refractivity contribution is 6.12. The molecule has 10 nitrogen and oxygen atoms in total. The summed E-state index contributed by atoms with van der Waals surface area (Å²) in [6.45, 7) is 0. The molecule has 0 atom stereocenters. The monoisotopic (exact) mass is 896 g/mol. The maximum Gasteiger partial charge on any atom is 0.240 e. The Balaban J connectivity index is 1.04. The van der Waals surface area contributed by atoms with Crippen molar-refractivity contribution in [3.8, 4) is 46.6 Å². The summed E-state index contributed by atoms with van der Waals surface area (Å²) in [4.78, 5) is 32.7. The summed E-state index contributed by atoms with van der Waals surface area (Å²) in [5, 5.41) is 8.88. The van der Waals surface area contributed by atoms with Gasteiger partial charge in [-0.2, -0.15) is 29.9 Å². The van der Waals surface area contributed by atoms with Crippen LogP contribution in [0.25, 0.3) is 134 Å². The van der Waals surface area contributed by atoms with Crippen molar-refractivity contribution in [2.24, 2.45) is 0 Å². The zero-order valence-electron chi connectivity index (χ0n) is 37.3. The first-order valence-corrected chi connectivity index (χ1v) is 23.3. The van der Waals surface area contributed by atoms with Crippen LogP contribution in [0.15, 0.2) is 218 Å². The van der Waals surface area contributed by atoms with E-state index in [1.54, 1.807) is 0 Å². The second-order valence-corrected chi connectivity index (χ2v) is 17.5. The van der Waals surface area contributed by atoms with Crippen molar-refractivity contribution in [3.63, 3.8) is 0 Å². The average Bonchev–Trinajstić information content (AvgIpc) is 4.16. The molecule has 70 heavy (non-hydrogen) atoms. The molecule has 0 bridgehead atoms. The zero-order chi connectivity index (χ0) is 45.9. The van der Waals surface area contributed by atoms with Gasteiger partial charge < -0.3 is 0 Å². The van der Waals surface area contributed by atoms with Crippen LogP contribution in [0.1, 0.15) is 0 Å². The normalized spacial score (nSPS) is 12.0. The van der Waals surface area contributed by atoms with E-state index in [0.29, 0.717) is 35.4 Å². The van der Waals surface area contributed by atoms with E-state index in [9.17, 15) is 0 Å². The lowest BCUT2D eigenvalue weighted by Gasteiger charge is -2.15. The molecule has 15 aromatic rings. The first-order valence-electron chi connectivity index (χ1n) is 23.3. The molecule has 15 rings (SSSR count). The summed E-state index contributed by atoms with van der Waals surface area (Å²) in [6, 6.07) is 75.6. The molecule has 0 fully saturated rings. The first-order chi connectivity index (χ1) is 34.7. The highest BCUT2D eigenvalue weighted by atomic mass is 15.3. The lowest BCUT2D eigenvalue weighted by Crippen LogP contribution is -2.12. The minimum atomic E-state index is 0.469. The van der Waals surface area contributed by atoms with Gasteiger partial charge in [0.25, 0.3) is 0 Å². The van der Waals surface area contributed by atoms with Gasteiger partial charge in [-0.05, 0) is 48.5 Å². The number of hydrogen-bond acceptors (Lipinski definition) is 6. The molecule has 0 aliphatic carbocycles. The molecular weight excluding hydrogens is 861 g/mol. The van der Waals surface area contributed by atoms with E-state index in [0.717, 1.165) is 98.4 Å². The van der Waals surface area contributed by atoms with Crippen LogP contribution in [-0.4, -0.2) is 48.2 Å². The van der Waals surface area contributed by atoms with Crippen molar-refractivity contribution >= 4 is 87.2 Å². The molecule has 0 amide bonds.